The van der Waals surface area contributed by atoms with Gasteiger partial charge in [-0.15, -0.1) is 0 Å². The van der Waals surface area contributed by atoms with Crippen LogP contribution in [0.3, 0.4) is 0 Å². The lowest BCUT2D eigenvalue weighted by atomic mass is 10.1. The van der Waals surface area contributed by atoms with Crippen molar-refractivity contribution < 1.29 is 23.8 Å². The lowest BCUT2D eigenvalue weighted by Crippen LogP contribution is -2.14. The zero-order chi connectivity index (χ0) is 20.7. The zero-order valence-corrected chi connectivity index (χ0v) is 16.7. The van der Waals surface area contributed by atoms with Crippen LogP contribution < -0.4 is 14.2 Å². The number of hydrogen-bond donors (Lipinski definition) is 0. The molecule has 2 heterocycles. The summed E-state index contributed by atoms with van der Waals surface area (Å²) >= 11 is 0. The average Bonchev–Trinajstić information content (AvgIpc) is 3.18. The molecular formula is C23H21NO5. The monoisotopic (exact) mass is 391 g/mol. The van der Waals surface area contributed by atoms with E-state index in [0.29, 0.717) is 17.1 Å². The van der Waals surface area contributed by atoms with E-state index in [1.54, 1.807) is 45.2 Å². The molecule has 6 nitrogen and oxygen atoms in total. The molecule has 0 unspecified atom stereocenters. The maximum Gasteiger partial charge on any atom is 0.313 e. The number of Topliss-reactive ketones (excluding diaryl/α,β-unsaturated/α-hetero) is 1. The van der Waals surface area contributed by atoms with Crippen molar-refractivity contribution in [2.45, 2.75) is 13.8 Å². The highest BCUT2D eigenvalue weighted by Crippen LogP contribution is 2.36. The van der Waals surface area contributed by atoms with E-state index < -0.39 is 0 Å². The van der Waals surface area contributed by atoms with Crippen LogP contribution in [0.15, 0.2) is 48.4 Å². The molecule has 1 aliphatic heterocycles. The molecule has 148 valence electrons. The fourth-order valence-corrected chi connectivity index (χ4v) is 3.25. The Bertz CT molecular complexity index is 1170. The predicted molar refractivity (Wildman–Crippen MR) is 109 cm³/mol. The molecule has 0 radical (unpaired) electrons. The molecule has 0 saturated heterocycles. The second-order valence-corrected chi connectivity index (χ2v) is 7.25. The van der Waals surface area contributed by atoms with E-state index in [4.69, 9.17) is 14.2 Å². The van der Waals surface area contributed by atoms with Gasteiger partial charge in [0.2, 0.25) is 5.78 Å². The maximum absolute atomic E-state index is 12.8. The molecule has 0 bridgehead atoms. The molecule has 29 heavy (non-hydrogen) atoms. The van der Waals surface area contributed by atoms with Gasteiger partial charge in [0.05, 0.1) is 18.6 Å². The summed E-state index contributed by atoms with van der Waals surface area (Å²) in [4.78, 5) is 24.6. The van der Waals surface area contributed by atoms with Crippen LogP contribution in [-0.4, -0.2) is 23.4 Å². The Labute approximate surface area is 168 Å². The van der Waals surface area contributed by atoms with Gasteiger partial charge in [0.25, 0.3) is 0 Å². The summed E-state index contributed by atoms with van der Waals surface area (Å²) in [7, 11) is 3.56. The van der Waals surface area contributed by atoms with Crippen LogP contribution in [0.4, 0.5) is 0 Å². The molecule has 0 N–H and O–H groups in total. The first-order chi connectivity index (χ1) is 13.9. The van der Waals surface area contributed by atoms with Gasteiger partial charge in [0.1, 0.15) is 17.2 Å². The van der Waals surface area contributed by atoms with Gasteiger partial charge in [-0.2, -0.15) is 0 Å². The number of carbonyl (C=O) groups excluding carboxylic acids is 2. The fourth-order valence-electron chi connectivity index (χ4n) is 3.25. The van der Waals surface area contributed by atoms with Gasteiger partial charge in [0, 0.05) is 35.8 Å². The van der Waals surface area contributed by atoms with Crippen LogP contribution in [-0.2, 0) is 11.8 Å². The molecule has 6 heteroatoms. The fraction of sp³-hybridized carbons (Fsp3) is 0.217. The molecular weight excluding hydrogens is 370 g/mol. The van der Waals surface area contributed by atoms with Gasteiger partial charge >= 0.3 is 5.97 Å². The Kier molecular flexibility index (Phi) is 4.62. The van der Waals surface area contributed by atoms with Gasteiger partial charge < -0.3 is 18.8 Å². The Morgan fingerprint density at radius 1 is 1.14 bits per heavy atom. The Morgan fingerprint density at radius 3 is 2.62 bits per heavy atom. The van der Waals surface area contributed by atoms with Crippen LogP contribution in [0.25, 0.3) is 17.0 Å². The number of aryl methyl sites for hydroxylation is 1. The third kappa shape index (κ3) is 3.38. The number of ketones is 1. The predicted octanol–water partition coefficient (Wildman–Crippen LogP) is 4.36. The average molecular weight is 391 g/mol. The zero-order valence-electron chi connectivity index (χ0n) is 16.7. The number of ether oxygens (including phenoxy) is 3. The Balaban J connectivity index is 1.68. The standard InChI is InChI=1S/C23H21NO5/c1-13(2)23(26)28-16-5-7-17-20(11-16)29-21(22(17)25)9-14-12-24(3)19-8-6-15(27-4)10-18(14)19/h5-13H,1-4H3/b21-9-. The number of carbonyl (C=O) groups is 2. The van der Waals surface area contributed by atoms with Crippen molar-refractivity contribution in [3.63, 3.8) is 0 Å². The van der Waals surface area contributed by atoms with Gasteiger partial charge in [-0.1, -0.05) is 13.8 Å². The van der Waals surface area contributed by atoms with E-state index in [-0.39, 0.29) is 23.4 Å². The van der Waals surface area contributed by atoms with E-state index in [1.807, 2.05) is 36.0 Å². The quantitative estimate of drug-likeness (QED) is 0.375. The summed E-state index contributed by atoms with van der Waals surface area (Å²) in [6, 6.07) is 10.6. The largest absolute Gasteiger partial charge is 0.497 e. The number of fused-ring (bicyclic) bond motifs is 2. The number of benzene rings is 2. The summed E-state index contributed by atoms with van der Waals surface area (Å²) < 4.78 is 18.4. The Morgan fingerprint density at radius 2 is 1.90 bits per heavy atom. The summed E-state index contributed by atoms with van der Waals surface area (Å²) in [5, 5.41) is 0.957. The smallest absolute Gasteiger partial charge is 0.313 e. The highest BCUT2D eigenvalue weighted by atomic mass is 16.5. The molecule has 4 rings (SSSR count). The first-order valence-electron chi connectivity index (χ1n) is 9.30. The second-order valence-electron chi connectivity index (χ2n) is 7.25. The van der Waals surface area contributed by atoms with E-state index in [9.17, 15) is 9.59 Å². The highest BCUT2D eigenvalue weighted by Gasteiger charge is 2.28. The van der Waals surface area contributed by atoms with Gasteiger partial charge in [-0.05, 0) is 36.4 Å². The third-order valence-electron chi connectivity index (χ3n) is 4.85. The molecule has 1 aromatic heterocycles. The first-order valence-corrected chi connectivity index (χ1v) is 9.30. The van der Waals surface area contributed by atoms with Crippen LogP contribution in [0.1, 0.15) is 29.8 Å². The minimum Gasteiger partial charge on any atom is -0.497 e. The minimum absolute atomic E-state index is 0.207. The lowest BCUT2D eigenvalue weighted by Gasteiger charge is -2.07. The van der Waals surface area contributed by atoms with Crippen LogP contribution in [0.2, 0.25) is 0 Å². The van der Waals surface area contributed by atoms with E-state index >= 15 is 0 Å². The van der Waals surface area contributed by atoms with Crippen molar-refractivity contribution in [2.75, 3.05) is 7.11 Å². The first kappa shape index (κ1) is 18.8. The van der Waals surface area contributed by atoms with Crippen molar-refractivity contribution in [3.8, 4) is 17.2 Å². The van der Waals surface area contributed by atoms with E-state index in [0.717, 1.165) is 22.2 Å². The Hall–Kier alpha value is -3.54. The van der Waals surface area contributed by atoms with Crippen LogP contribution in [0, 0.1) is 5.92 Å². The van der Waals surface area contributed by atoms with Gasteiger partial charge in [-0.3, -0.25) is 9.59 Å². The number of nitrogens with zero attached hydrogens (tertiary/aromatic N) is 1. The molecule has 0 saturated carbocycles. The van der Waals surface area contributed by atoms with Gasteiger partial charge in [0.15, 0.2) is 5.76 Å². The molecule has 0 fully saturated rings. The summed E-state index contributed by atoms with van der Waals surface area (Å²) in [6.07, 6.45) is 3.66. The van der Waals surface area contributed by atoms with E-state index in [1.165, 1.54) is 0 Å². The molecule has 1 aliphatic rings. The minimum atomic E-state index is -0.338. The maximum atomic E-state index is 12.8. The number of methoxy groups -OCH3 is 1. The molecule has 3 aromatic rings. The van der Waals surface area contributed by atoms with Crippen molar-refractivity contribution in [1.82, 2.24) is 4.57 Å². The topological polar surface area (TPSA) is 66.8 Å². The summed E-state index contributed by atoms with van der Waals surface area (Å²) in [5.41, 5.74) is 2.31. The number of allylic oxidation sites excluding steroid dienone is 1. The van der Waals surface area contributed by atoms with Crippen molar-refractivity contribution in [3.05, 3.63) is 59.5 Å². The normalized spacial score (nSPS) is 14.4. The van der Waals surface area contributed by atoms with Crippen LogP contribution >= 0.6 is 0 Å². The third-order valence-corrected chi connectivity index (χ3v) is 4.85. The number of aromatic nitrogens is 1. The molecule has 0 atom stereocenters. The van der Waals surface area contributed by atoms with Crippen molar-refractivity contribution >= 4 is 28.7 Å². The van der Waals surface area contributed by atoms with E-state index in [2.05, 4.69) is 0 Å². The molecule has 0 spiro atoms. The molecule has 2 aromatic carbocycles. The number of hydrogen-bond acceptors (Lipinski definition) is 5. The number of rotatable bonds is 4. The highest BCUT2D eigenvalue weighted by molar-refractivity contribution is 6.15. The van der Waals surface area contributed by atoms with Crippen molar-refractivity contribution in [1.29, 1.82) is 0 Å². The van der Waals surface area contributed by atoms with Crippen LogP contribution in [0.5, 0.6) is 17.2 Å². The summed E-state index contributed by atoms with van der Waals surface area (Å²) in [5.74, 6) is 0.907. The number of esters is 1. The second kappa shape index (κ2) is 7.13. The lowest BCUT2D eigenvalue weighted by molar-refractivity contribution is -0.137. The van der Waals surface area contributed by atoms with Crippen molar-refractivity contribution in [2.24, 2.45) is 13.0 Å². The SMILES string of the molecule is COc1ccc2c(c1)c(/C=C1\Oc3cc(OC(=O)C(C)C)ccc3C1=O)cn2C. The summed E-state index contributed by atoms with van der Waals surface area (Å²) in [6.45, 7) is 3.52. The molecule has 0 amide bonds. The molecule has 0 aliphatic carbocycles. The van der Waals surface area contributed by atoms with Gasteiger partial charge in [-0.25, -0.2) is 0 Å².